The minimum Gasteiger partial charge on any atom is -0.497 e. The summed E-state index contributed by atoms with van der Waals surface area (Å²) in [7, 11) is 3.06. The van der Waals surface area contributed by atoms with Gasteiger partial charge in [-0.1, -0.05) is 0 Å². The zero-order valence-electron chi connectivity index (χ0n) is 19.5. The maximum Gasteiger partial charge on any atom is 0.278 e. The molecule has 9 nitrogen and oxygen atoms in total. The number of nitrogens with one attached hydrogen (secondary N) is 2. The van der Waals surface area contributed by atoms with Crippen LogP contribution in [-0.4, -0.2) is 54.4 Å². The number of rotatable bonds is 10. The summed E-state index contributed by atoms with van der Waals surface area (Å²) >= 11 is 0. The molecule has 0 radical (unpaired) electrons. The maximum absolute atomic E-state index is 14.3. The van der Waals surface area contributed by atoms with Crippen molar-refractivity contribution in [3.63, 3.8) is 0 Å². The van der Waals surface area contributed by atoms with Gasteiger partial charge >= 0.3 is 0 Å². The van der Waals surface area contributed by atoms with Crippen molar-refractivity contribution in [1.82, 2.24) is 14.9 Å². The van der Waals surface area contributed by atoms with Crippen molar-refractivity contribution >= 4 is 35.4 Å². The van der Waals surface area contributed by atoms with Crippen molar-refractivity contribution in [3.8, 4) is 11.5 Å². The van der Waals surface area contributed by atoms with Gasteiger partial charge in [0.2, 0.25) is 5.95 Å². The second-order valence-electron chi connectivity index (χ2n) is 7.09. The van der Waals surface area contributed by atoms with E-state index in [1.54, 1.807) is 48.8 Å². The number of nitrogens with zero attached hydrogens (tertiary/aromatic N) is 4. The molecule has 0 spiro atoms. The average Bonchev–Trinajstić information content (AvgIpc) is 2.86. The molecule has 2 aromatic carbocycles. The zero-order valence-corrected chi connectivity index (χ0v) is 19.5. The number of anilines is 4. The molecule has 10 heteroatoms. The first-order valence-electron chi connectivity index (χ1n) is 10.7. The Morgan fingerprint density at radius 1 is 1.03 bits per heavy atom. The van der Waals surface area contributed by atoms with Crippen LogP contribution in [0.1, 0.15) is 24.2 Å². The van der Waals surface area contributed by atoms with E-state index in [-0.39, 0.29) is 17.7 Å². The number of amides is 1. The fourth-order valence-electron chi connectivity index (χ4n) is 2.95. The highest BCUT2D eigenvalue weighted by Gasteiger charge is 2.11. The number of carbonyl (C=O) groups is 1. The third kappa shape index (κ3) is 6.41. The van der Waals surface area contributed by atoms with Crippen LogP contribution in [0.4, 0.5) is 27.5 Å². The highest BCUT2D eigenvalue weighted by molar-refractivity contribution is 5.98. The van der Waals surface area contributed by atoms with Crippen LogP contribution in [0.15, 0.2) is 53.7 Å². The van der Waals surface area contributed by atoms with Crippen LogP contribution in [0, 0.1) is 5.82 Å². The molecule has 178 valence electrons. The fourth-order valence-corrected chi connectivity index (χ4v) is 2.95. The molecule has 1 amide bonds. The van der Waals surface area contributed by atoms with E-state index in [2.05, 4.69) is 25.6 Å². The molecular formula is C24H27FN6O3. The van der Waals surface area contributed by atoms with Gasteiger partial charge in [0.25, 0.3) is 5.91 Å². The lowest BCUT2D eigenvalue weighted by Gasteiger charge is -2.13. The second-order valence-corrected chi connectivity index (χ2v) is 7.09. The summed E-state index contributed by atoms with van der Waals surface area (Å²) in [6, 6.07) is 11.8. The van der Waals surface area contributed by atoms with Crippen LogP contribution in [0.5, 0.6) is 11.5 Å². The number of hydrogen-bond donors (Lipinski definition) is 2. The predicted molar refractivity (Wildman–Crippen MR) is 130 cm³/mol. The van der Waals surface area contributed by atoms with Crippen molar-refractivity contribution in [2.75, 3.05) is 37.9 Å². The van der Waals surface area contributed by atoms with E-state index in [0.29, 0.717) is 28.4 Å². The van der Waals surface area contributed by atoms with E-state index >= 15 is 0 Å². The predicted octanol–water partition coefficient (Wildman–Crippen LogP) is 4.63. The first-order valence-corrected chi connectivity index (χ1v) is 10.7. The number of halogens is 1. The Morgan fingerprint density at radius 3 is 2.26 bits per heavy atom. The molecule has 3 rings (SSSR count). The van der Waals surface area contributed by atoms with Crippen molar-refractivity contribution in [3.05, 3.63) is 60.0 Å². The van der Waals surface area contributed by atoms with Crippen LogP contribution in [0.3, 0.4) is 0 Å². The van der Waals surface area contributed by atoms with Gasteiger partial charge in [0.05, 0.1) is 26.8 Å². The number of methoxy groups -OCH3 is 2. The number of ether oxygens (including phenoxy) is 2. The summed E-state index contributed by atoms with van der Waals surface area (Å²) in [6.45, 7) is 5.53. The van der Waals surface area contributed by atoms with E-state index in [1.165, 1.54) is 14.2 Å². The molecule has 0 bridgehead atoms. The highest BCUT2D eigenvalue weighted by atomic mass is 19.1. The zero-order chi connectivity index (χ0) is 24.5. The molecule has 34 heavy (non-hydrogen) atoms. The molecule has 0 aliphatic carbocycles. The first-order chi connectivity index (χ1) is 16.4. The average molecular weight is 467 g/mol. The largest absolute Gasteiger partial charge is 0.497 e. The van der Waals surface area contributed by atoms with Crippen LogP contribution in [0.2, 0.25) is 0 Å². The van der Waals surface area contributed by atoms with Crippen molar-refractivity contribution in [1.29, 1.82) is 0 Å². The summed E-state index contributed by atoms with van der Waals surface area (Å²) in [5.41, 5.74) is 1.61. The number of benzene rings is 2. The molecule has 0 aliphatic rings. The SMILES string of the molecule is CCN(C=NC(=O)c1ccc(Nc2ncc(F)c(Nc3cc(OC)cc(OC)c3)n2)cc1)CC. The third-order valence-corrected chi connectivity index (χ3v) is 4.90. The van der Waals surface area contributed by atoms with E-state index in [4.69, 9.17) is 9.47 Å². The molecule has 1 aromatic heterocycles. The summed E-state index contributed by atoms with van der Waals surface area (Å²) in [4.78, 5) is 26.4. The molecular weight excluding hydrogens is 439 g/mol. The molecule has 2 N–H and O–H groups in total. The van der Waals surface area contributed by atoms with Gasteiger partial charge < -0.3 is 25.0 Å². The summed E-state index contributed by atoms with van der Waals surface area (Å²) in [5.74, 6) is 0.287. The minimum absolute atomic E-state index is 0.0228. The van der Waals surface area contributed by atoms with Crippen LogP contribution >= 0.6 is 0 Å². The second kappa shape index (κ2) is 11.6. The molecule has 0 aliphatic heterocycles. The van der Waals surface area contributed by atoms with Crippen molar-refractivity contribution < 1.29 is 18.7 Å². The van der Waals surface area contributed by atoms with Crippen LogP contribution < -0.4 is 20.1 Å². The molecule has 1 heterocycles. The third-order valence-electron chi connectivity index (χ3n) is 4.90. The smallest absolute Gasteiger partial charge is 0.278 e. The Morgan fingerprint density at radius 2 is 1.68 bits per heavy atom. The normalized spacial score (nSPS) is 10.7. The van der Waals surface area contributed by atoms with Gasteiger partial charge in [0, 0.05) is 48.2 Å². The summed E-state index contributed by atoms with van der Waals surface area (Å²) in [5, 5.41) is 5.91. The van der Waals surface area contributed by atoms with E-state index < -0.39 is 5.82 Å². The van der Waals surface area contributed by atoms with Gasteiger partial charge in [0.1, 0.15) is 11.5 Å². The number of carbonyl (C=O) groups excluding carboxylic acids is 1. The molecule has 0 saturated heterocycles. The lowest BCUT2D eigenvalue weighted by atomic mass is 10.2. The Bertz CT molecular complexity index is 1130. The van der Waals surface area contributed by atoms with Gasteiger partial charge in [-0.05, 0) is 38.1 Å². The van der Waals surface area contributed by atoms with E-state index in [9.17, 15) is 9.18 Å². The van der Waals surface area contributed by atoms with E-state index in [1.807, 2.05) is 18.7 Å². The first kappa shape index (κ1) is 24.4. The van der Waals surface area contributed by atoms with Gasteiger partial charge in [-0.2, -0.15) is 9.98 Å². The minimum atomic E-state index is -0.626. The monoisotopic (exact) mass is 466 g/mol. The number of aliphatic imine (C=N–C) groups is 1. The Balaban J connectivity index is 1.72. The fraction of sp³-hybridized carbons (Fsp3) is 0.250. The quantitative estimate of drug-likeness (QED) is 0.329. The van der Waals surface area contributed by atoms with Gasteiger partial charge in [-0.25, -0.2) is 9.37 Å². The maximum atomic E-state index is 14.3. The Labute approximate surface area is 197 Å². The van der Waals surface area contributed by atoms with Crippen molar-refractivity contribution in [2.45, 2.75) is 13.8 Å². The molecule has 0 atom stereocenters. The topological polar surface area (TPSA) is 101 Å². The lowest BCUT2D eigenvalue weighted by Crippen LogP contribution is -2.21. The van der Waals surface area contributed by atoms with Crippen LogP contribution in [-0.2, 0) is 0 Å². The van der Waals surface area contributed by atoms with E-state index in [0.717, 1.165) is 19.3 Å². The highest BCUT2D eigenvalue weighted by Crippen LogP contribution is 2.28. The Kier molecular flexibility index (Phi) is 8.33. The van der Waals surface area contributed by atoms with Gasteiger partial charge in [-0.3, -0.25) is 4.79 Å². The molecule has 0 unspecified atom stereocenters. The summed E-state index contributed by atoms with van der Waals surface area (Å²) in [6.07, 6.45) is 2.61. The van der Waals surface area contributed by atoms with Gasteiger partial charge in [0.15, 0.2) is 11.6 Å². The molecule has 0 fully saturated rings. The number of hydrogen-bond acceptors (Lipinski definition) is 7. The van der Waals surface area contributed by atoms with Crippen LogP contribution in [0.25, 0.3) is 0 Å². The number of aromatic nitrogens is 2. The Hall–Kier alpha value is -4.21. The van der Waals surface area contributed by atoms with Crippen molar-refractivity contribution in [2.24, 2.45) is 4.99 Å². The van der Waals surface area contributed by atoms with Gasteiger partial charge in [-0.15, -0.1) is 0 Å². The standard InChI is InChI=1S/C24H27FN6O3/c1-5-31(6-2)15-27-23(32)16-7-9-17(10-8-16)29-24-26-14-21(25)22(30-24)28-18-11-19(33-3)13-20(12-18)34-4/h7-15H,5-6H2,1-4H3,(H2,26,28,29,30). The molecule has 3 aromatic rings. The lowest BCUT2D eigenvalue weighted by molar-refractivity contribution is 0.100. The summed E-state index contributed by atoms with van der Waals surface area (Å²) < 4.78 is 24.8. The molecule has 0 saturated carbocycles.